The molecule has 0 N–H and O–H groups in total. The zero-order valence-corrected chi connectivity index (χ0v) is 10.3. The number of hydrogen-bond acceptors (Lipinski definition) is 2. The lowest BCUT2D eigenvalue weighted by molar-refractivity contribution is -0.0270. The first-order valence-electron chi connectivity index (χ1n) is 5.00. The van der Waals surface area contributed by atoms with Gasteiger partial charge in [0, 0.05) is 12.6 Å². The molecule has 0 rings (SSSR count). The van der Waals surface area contributed by atoms with Gasteiger partial charge in [0.05, 0.1) is 5.60 Å². The van der Waals surface area contributed by atoms with Crippen LogP contribution in [0.1, 0.15) is 40.5 Å². The quantitative estimate of drug-likeness (QED) is 0.656. The van der Waals surface area contributed by atoms with Crippen LogP contribution in [0.15, 0.2) is 0 Å². The highest BCUT2D eigenvalue weighted by Gasteiger charge is 2.32. The van der Waals surface area contributed by atoms with Crippen molar-refractivity contribution in [2.75, 3.05) is 21.2 Å². The number of methoxy groups -OCH3 is 1. The fourth-order valence-corrected chi connectivity index (χ4v) is 1.59. The summed E-state index contributed by atoms with van der Waals surface area (Å²) in [5.41, 5.74) is 0.203. The first-order valence-corrected chi connectivity index (χ1v) is 5.00. The van der Waals surface area contributed by atoms with E-state index in [1.807, 2.05) is 0 Å². The van der Waals surface area contributed by atoms with Crippen LogP contribution in [0.25, 0.3) is 0 Å². The molecule has 0 saturated heterocycles. The summed E-state index contributed by atoms with van der Waals surface area (Å²) in [6.45, 7) is 8.80. The molecule has 0 heterocycles. The van der Waals surface area contributed by atoms with Crippen LogP contribution >= 0.6 is 0 Å². The average molecular weight is 187 g/mol. The highest BCUT2D eigenvalue weighted by Crippen LogP contribution is 2.29. The van der Waals surface area contributed by atoms with Crippen molar-refractivity contribution >= 4 is 0 Å². The molecule has 2 nitrogen and oxygen atoms in total. The first kappa shape index (κ1) is 12.9. The van der Waals surface area contributed by atoms with E-state index >= 15 is 0 Å². The third kappa shape index (κ3) is 3.65. The maximum atomic E-state index is 5.46. The zero-order valence-electron chi connectivity index (χ0n) is 10.3. The van der Waals surface area contributed by atoms with Crippen LogP contribution in [-0.4, -0.2) is 37.2 Å². The molecule has 0 bridgehead atoms. The minimum Gasteiger partial charge on any atom is -0.379 e. The van der Waals surface area contributed by atoms with Crippen molar-refractivity contribution < 1.29 is 4.74 Å². The number of ether oxygens (including phenoxy) is 1. The molecule has 80 valence electrons. The van der Waals surface area contributed by atoms with Gasteiger partial charge >= 0.3 is 0 Å². The Labute approximate surface area is 83.3 Å². The van der Waals surface area contributed by atoms with Crippen molar-refractivity contribution in [3.8, 4) is 0 Å². The molecule has 1 unspecified atom stereocenters. The molecule has 0 aliphatic carbocycles. The summed E-state index contributed by atoms with van der Waals surface area (Å²) in [5, 5.41) is 0. The summed E-state index contributed by atoms with van der Waals surface area (Å²) in [7, 11) is 6.05. The molecule has 0 fully saturated rings. The lowest BCUT2D eigenvalue weighted by atomic mass is 9.84. The second kappa shape index (κ2) is 4.43. The smallest absolute Gasteiger partial charge is 0.0640 e. The van der Waals surface area contributed by atoms with Gasteiger partial charge in [-0.3, -0.25) is 0 Å². The Hall–Kier alpha value is -0.0800. The van der Waals surface area contributed by atoms with Crippen LogP contribution in [0.4, 0.5) is 0 Å². The summed E-state index contributed by atoms with van der Waals surface area (Å²) < 4.78 is 5.46. The minimum atomic E-state index is -0.0327. The van der Waals surface area contributed by atoms with Gasteiger partial charge in [0.15, 0.2) is 0 Å². The van der Waals surface area contributed by atoms with Crippen molar-refractivity contribution in [1.82, 2.24) is 4.90 Å². The van der Waals surface area contributed by atoms with E-state index in [1.165, 1.54) is 0 Å². The van der Waals surface area contributed by atoms with Crippen LogP contribution in [-0.2, 0) is 4.74 Å². The summed E-state index contributed by atoms with van der Waals surface area (Å²) >= 11 is 0. The molecule has 0 aromatic rings. The summed E-state index contributed by atoms with van der Waals surface area (Å²) in [5.74, 6) is 0. The second-order valence-corrected chi connectivity index (χ2v) is 4.89. The van der Waals surface area contributed by atoms with Gasteiger partial charge in [-0.25, -0.2) is 0 Å². The predicted octanol–water partition coefficient (Wildman–Crippen LogP) is 2.53. The van der Waals surface area contributed by atoms with Gasteiger partial charge in [-0.15, -0.1) is 0 Å². The summed E-state index contributed by atoms with van der Waals surface area (Å²) in [6, 6.07) is 0. The SMILES string of the molecule is CCC(C)(CC(C)(C)OC)N(C)C. The summed E-state index contributed by atoms with van der Waals surface area (Å²) in [4.78, 5) is 2.29. The molecular weight excluding hydrogens is 162 g/mol. The zero-order chi connectivity index (χ0) is 10.7. The number of hydrogen-bond donors (Lipinski definition) is 0. The number of rotatable bonds is 5. The van der Waals surface area contributed by atoms with E-state index in [9.17, 15) is 0 Å². The molecule has 0 amide bonds. The highest BCUT2D eigenvalue weighted by molar-refractivity contribution is 4.88. The van der Waals surface area contributed by atoms with E-state index in [0.717, 1.165) is 12.8 Å². The van der Waals surface area contributed by atoms with Crippen molar-refractivity contribution in [3.05, 3.63) is 0 Å². The van der Waals surface area contributed by atoms with E-state index in [1.54, 1.807) is 7.11 Å². The number of nitrogens with zero attached hydrogens (tertiary/aromatic N) is 1. The van der Waals surface area contributed by atoms with E-state index in [-0.39, 0.29) is 11.1 Å². The third-order valence-electron chi connectivity index (χ3n) is 3.20. The molecule has 0 aromatic heterocycles. The van der Waals surface area contributed by atoms with E-state index in [4.69, 9.17) is 4.74 Å². The Balaban J connectivity index is 4.44. The molecule has 1 atom stereocenters. The van der Waals surface area contributed by atoms with Crippen LogP contribution < -0.4 is 0 Å². The van der Waals surface area contributed by atoms with Crippen molar-refractivity contribution in [2.45, 2.75) is 51.7 Å². The molecule has 0 aliphatic rings. The van der Waals surface area contributed by atoms with Gasteiger partial charge in [0.2, 0.25) is 0 Å². The Bertz CT molecular complexity index is 154. The normalized spacial score (nSPS) is 17.5. The Morgan fingerprint density at radius 3 is 1.85 bits per heavy atom. The molecule has 13 heavy (non-hydrogen) atoms. The van der Waals surface area contributed by atoms with Gasteiger partial charge in [-0.2, -0.15) is 0 Å². The fourth-order valence-electron chi connectivity index (χ4n) is 1.59. The van der Waals surface area contributed by atoms with Crippen LogP contribution in [0.2, 0.25) is 0 Å². The van der Waals surface area contributed by atoms with Gasteiger partial charge in [-0.05, 0) is 47.7 Å². The molecule has 2 heteroatoms. The lowest BCUT2D eigenvalue weighted by Crippen LogP contribution is -2.46. The molecule has 0 aromatic carbocycles. The Kier molecular flexibility index (Phi) is 4.40. The average Bonchev–Trinajstić information content (AvgIpc) is 2.03. The standard InChI is InChI=1S/C11H25NO/c1-8-11(4,12(5)6)9-10(2,3)13-7/h8-9H2,1-7H3. The molecule has 0 saturated carbocycles. The van der Waals surface area contributed by atoms with Crippen LogP contribution in [0.3, 0.4) is 0 Å². The van der Waals surface area contributed by atoms with Crippen LogP contribution in [0, 0.1) is 0 Å². The van der Waals surface area contributed by atoms with Crippen molar-refractivity contribution in [3.63, 3.8) is 0 Å². The van der Waals surface area contributed by atoms with Crippen molar-refractivity contribution in [1.29, 1.82) is 0 Å². The predicted molar refractivity (Wildman–Crippen MR) is 58.1 cm³/mol. The largest absolute Gasteiger partial charge is 0.379 e. The van der Waals surface area contributed by atoms with E-state index in [2.05, 4.69) is 46.7 Å². The minimum absolute atomic E-state index is 0.0327. The molecular formula is C11H25NO. The lowest BCUT2D eigenvalue weighted by Gasteiger charge is -2.41. The third-order valence-corrected chi connectivity index (χ3v) is 3.20. The fraction of sp³-hybridized carbons (Fsp3) is 1.00. The monoisotopic (exact) mass is 187 g/mol. The van der Waals surface area contributed by atoms with E-state index in [0.29, 0.717) is 0 Å². The van der Waals surface area contributed by atoms with Gasteiger partial charge in [0.1, 0.15) is 0 Å². The van der Waals surface area contributed by atoms with Crippen molar-refractivity contribution in [2.24, 2.45) is 0 Å². The summed E-state index contributed by atoms with van der Waals surface area (Å²) in [6.07, 6.45) is 2.20. The topological polar surface area (TPSA) is 12.5 Å². The molecule has 0 radical (unpaired) electrons. The van der Waals surface area contributed by atoms with E-state index < -0.39 is 0 Å². The van der Waals surface area contributed by atoms with Crippen LogP contribution in [0.5, 0.6) is 0 Å². The van der Waals surface area contributed by atoms with Gasteiger partial charge < -0.3 is 9.64 Å². The maximum absolute atomic E-state index is 5.46. The second-order valence-electron chi connectivity index (χ2n) is 4.89. The molecule has 0 spiro atoms. The van der Waals surface area contributed by atoms with Gasteiger partial charge in [-0.1, -0.05) is 6.92 Å². The Morgan fingerprint density at radius 2 is 1.62 bits per heavy atom. The highest BCUT2D eigenvalue weighted by atomic mass is 16.5. The Morgan fingerprint density at radius 1 is 1.15 bits per heavy atom. The maximum Gasteiger partial charge on any atom is 0.0640 e. The molecule has 0 aliphatic heterocycles. The van der Waals surface area contributed by atoms with Gasteiger partial charge in [0.25, 0.3) is 0 Å². The first-order chi connectivity index (χ1) is 5.77.